The van der Waals surface area contributed by atoms with Crippen LogP contribution >= 0.6 is 0 Å². The van der Waals surface area contributed by atoms with Crippen LogP contribution in [0.4, 0.5) is 0 Å². The van der Waals surface area contributed by atoms with E-state index in [1.165, 1.54) is 25.0 Å². The van der Waals surface area contributed by atoms with Gasteiger partial charge in [0.25, 0.3) is 0 Å². The summed E-state index contributed by atoms with van der Waals surface area (Å²) in [7, 11) is 0. The minimum absolute atomic E-state index is 1.05. The van der Waals surface area contributed by atoms with E-state index in [-0.39, 0.29) is 0 Å². The van der Waals surface area contributed by atoms with Gasteiger partial charge in [-0.2, -0.15) is 0 Å². The van der Waals surface area contributed by atoms with Crippen LogP contribution in [0, 0.1) is 0 Å². The summed E-state index contributed by atoms with van der Waals surface area (Å²) in [5, 5.41) is 3.34. The van der Waals surface area contributed by atoms with Crippen molar-refractivity contribution >= 4 is 0 Å². The lowest BCUT2D eigenvalue weighted by Crippen LogP contribution is -2.27. The van der Waals surface area contributed by atoms with Gasteiger partial charge in [0, 0.05) is 6.54 Å². The molecule has 14 heavy (non-hydrogen) atoms. The van der Waals surface area contributed by atoms with Gasteiger partial charge in [-0.05, 0) is 45.9 Å². The molecule has 2 nitrogen and oxygen atoms in total. The summed E-state index contributed by atoms with van der Waals surface area (Å²) < 4.78 is 0. The van der Waals surface area contributed by atoms with Gasteiger partial charge in [-0.3, -0.25) is 4.90 Å². The zero-order valence-corrected chi connectivity index (χ0v) is 10.1. The fourth-order valence-electron chi connectivity index (χ4n) is 1.49. The molecule has 0 spiro atoms. The van der Waals surface area contributed by atoms with Crippen molar-refractivity contribution in [2.75, 3.05) is 32.7 Å². The Balaban J connectivity index is 3.38. The molecular weight excluding hydrogens is 172 g/mol. The molecule has 0 unspecified atom stereocenters. The highest BCUT2D eigenvalue weighted by molar-refractivity contribution is 4.91. The van der Waals surface area contributed by atoms with Crippen LogP contribution in [0.3, 0.4) is 0 Å². The number of unbranched alkanes of at least 4 members (excludes halogenated alkanes) is 1. The minimum atomic E-state index is 1.05. The van der Waals surface area contributed by atoms with E-state index in [0.29, 0.717) is 0 Å². The van der Waals surface area contributed by atoms with Crippen molar-refractivity contribution in [2.45, 2.75) is 33.6 Å². The van der Waals surface area contributed by atoms with Gasteiger partial charge >= 0.3 is 0 Å². The minimum Gasteiger partial charge on any atom is -0.317 e. The van der Waals surface area contributed by atoms with E-state index < -0.39 is 0 Å². The van der Waals surface area contributed by atoms with Crippen LogP contribution in [-0.4, -0.2) is 37.6 Å². The maximum Gasteiger partial charge on any atom is 0.0187 e. The highest BCUT2D eigenvalue weighted by Gasteiger charge is 2.00. The van der Waals surface area contributed by atoms with Crippen LogP contribution in [0.15, 0.2) is 12.2 Å². The summed E-state index contributed by atoms with van der Waals surface area (Å²) in [6, 6.07) is 0. The molecule has 0 rings (SSSR count). The lowest BCUT2D eigenvalue weighted by molar-refractivity contribution is 0.304. The molecule has 0 aliphatic heterocycles. The summed E-state index contributed by atoms with van der Waals surface area (Å²) in [6.07, 6.45) is 2.56. The molecule has 0 aromatic carbocycles. The van der Waals surface area contributed by atoms with Crippen LogP contribution in [0.1, 0.15) is 33.6 Å². The van der Waals surface area contributed by atoms with E-state index in [2.05, 4.69) is 37.6 Å². The average Bonchev–Trinajstić information content (AvgIpc) is 2.15. The second kappa shape index (κ2) is 9.22. The number of hydrogen-bond donors (Lipinski definition) is 1. The first-order valence-electron chi connectivity index (χ1n) is 5.78. The predicted octanol–water partition coefficient (Wildman–Crippen LogP) is 2.27. The first-order chi connectivity index (χ1) is 6.70. The molecule has 0 saturated heterocycles. The third-order valence-corrected chi connectivity index (χ3v) is 2.27. The SMILES string of the molecule is C=C(C)CN(CC)CCCCNCC. The van der Waals surface area contributed by atoms with Gasteiger partial charge in [-0.25, -0.2) is 0 Å². The van der Waals surface area contributed by atoms with Crippen LogP contribution in [0.2, 0.25) is 0 Å². The van der Waals surface area contributed by atoms with Crippen molar-refractivity contribution in [1.29, 1.82) is 0 Å². The largest absolute Gasteiger partial charge is 0.317 e. The molecule has 2 heteroatoms. The predicted molar refractivity (Wildman–Crippen MR) is 64.7 cm³/mol. The molecule has 0 saturated carbocycles. The van der Waals surface area contributed by atoms with Gasteiger partial charge in [-0.15, -0.1) is 0 Å². The van der Waals surface area contributed by atoms with Gasteiger partial charge < -0.3 is 5.32 Å². The average molecular weight is 198 g/mol. The zero-order valence-electron chi connectivity index (χ0n) is 10.1. The summed E-state index contributed by atoms with van der Waals surface area (Å²) in [5.41, 5.74) is 1.26. The summed E-state index contributed by atoms with van der Waals surface area (Å²) in [5.74, 6) is 0. The van der Waals surface area contributed by atoms with Crippen molar-refractivity contribution in [2.24, 2.45) is 0 Å². The van der Waals surface area contributed by atoms with E-state index in [0.717, 1.165) is 26.2 Å². The third kappa shape index (κ3) is 8.27. The highest BCUT2D eigenvalue weighted by atomic mass is 15.1. The van der Waals surface area contributed by atoms with E-state index in [1.54, 1.807) is 0 Å². The lowest BCUT2D eigenvalue weighted by atomic mass is 10.2. The zero-order chi connectivity index (χ0) is 10.8. The summed E-state index contributed by atoms with van der Waals surface area (Å²) >= 11 is 0. The molecule has 0 heterocycles. The molecule has 0 aliphatic carbocycles. The van der Waals surface area contributed by atoms with Crippen LogP contribution in [-0.2, 0) is 0 Å². The smallest absolute Gasteiger partial charge is 0.0187 e. The molecule has 0 aromatic heterocycles. The molecule has 1 N–H and O–H groups in total. The number of hydrogen-bond acceptors (Lipinski definition) is 2. The topological polar surface area (TPSA) is 15.3 Å². The van der Waals surface area contributed by atoms with Crippen LogP contribution in [0.25, 0.3) is 0 Å². The lowest BCUT2D eigenvalue weighted by Gasteiger charge is -2.20. The molecule has 0 fully saturated rings. The fraction of sp³-hybridized carbons (Fsp3) is 0.833. The molecule has 0 amide bonds. The number of nitrogens with one attached hydrogen (secondary N) is 1. The Kier molecular flexibility index (Phi) is 9.00. The van der Waals surface area contributed by atoms with E-state index in [9.17, 15) is 0 Å². The number of rotatable bonds is 9. The Hall–Kier alpha value is -0.340. The van der Waals surface area contributed by atoms with Gasteiger partial charge in [-0.1, -0.05) is 26.0 Å². The Morgan fingerprint density at radius 3 is 2.50 bits per heavy atom. The van der Waals surface area contributed by atoms with Crippen LogP contribution < -0.4 is 5.32 Å². The van der Waals surface area contributed by atoms with Crippen molar-refractivity contribution < 1.29 is 0 Å². The second-order valence-corrected chi connectivity index (χ2v) is 3.89. The molecule has 0 atom stereocenters. The third-order valence-electron chi connectivity index (χ3n) is 2.27. The molecule has 0 aromatic rings. The number of likely N-dealkylation sites (N-methyl/N-ethyl adjacent to an activating group) is 1. The number of nitrogens with zero attached hydrogens (tertiary/aromatic N) is 1. The van der Waals surface area contributed by atoms with E-state index >= 15 is 0 Å². The monoisotopic (exact) mass is 198 g/mol. The van der Waals surface area contributed by atoms with Crippen molar-refractivity contribution in [3.05, 3.63) is 12.2 Å². The standard InChI is InChI=1S/C12H26N2/c1-5-13-9-7-8-10-14(6-2)11-12(3)4/h13H,3,5-11H2,1-2,4H3. The first kappa shape index (κ1) is 13.7. The Bertz CT molecular complexity index is 143. The Morgan fingerprint density at radius 2 is 2.00 bits per heavy atom. The molecular formula is C12H26N2. The fourth-order valence-corrected chi connectivity index (χ4v) is 1.49. The molecule has 84 valence electrons. The van der Waals surface area contributed by atoms with Crippen molar-refractivity contribution in [3.63, 3.8) is 0 Å². The first-order valence-corrected chi connectivity index (χ1v) is 5.78. The summed E-state index contributed by atoms with van der Waals surface area (Å²) in [6.45, 7) is 16.0. The normalized spacial score (nSPS) is 10.9. The van der Waals surface area contributed by atoms with Crippen molar-refractivity contribution in [3.8, 4) is 0 Å². The van der Waals surface area contributed by atoms with E-state index in [1.807, 2.05) is 0 Å². The molecule has 0 aliphatic rings. The molecule has 0 bridgehead atoms. The van der Waals surface area contributed by atoms with E-state index in [4.69, 9.17) is 0 Å². The highest BCUT2D eigenvalue weighted by Crippen LogP contribution is 1.98. The van der Waals surface area contributed by atoms with Gasteiger partial charge in [0.1, 0.15) is 0 Å². The quantitative estimate of drug-likeness (QED) is 0.452. The molecule has 0 radical (unpaired) electrons. The Morgan fingerprint density at radius 1 is 1.29 bits per heavy atom. The maximum atomic E-state index is 3.95. The summed E-state index contributed by atoms with van der Waals surface area (Å²) in [4.78, 5) is 2.45. The maximum absolute atomic E-state index is 3.95. The van der Waals surface area contributed by atoms with Gasteiger partial charge in [0.2, 0.25) is 0 Å². The van der Waals surface area contributed by atoms with Gasteiger partial charge in [0.05, 0.1) is 0 Å². The van der Waals surface area contributed by atoms with Gasteiger partial charge in [0.15, 0.2) is 0 Å². The van der Waals surface area contributed by atoms with Crippen molar-refractivity contribution in [1.82, 2.24) is 10.2 Å². The van der Waals surface area contributed by atoms with Crippen LogP contribution in [0.5, 0.6) is 0 Å². The Labute approximate surface area is 89.4 Å². The second-order valence-electron chi connectivity index (χ2n) is 3.89.